The number of halogens is 1. The molecule has 2 aromatic carbocycles. The standard InChI is InChI=1S/C18H20ClNO2/c1-3-18(2,17(20)21)22-16-10-6-14(7-11-16)12-13-4-8-15(19)9-5-13/h4-11H,3,12H2,1-2H3,(H2,20,21). The Balaban J connectivity index is 2.07. The zero-order valence-electron chi connectivity index (χ0n) is 12.8. The van der Waals surface area contributed by atoms with Crippen LogP contribution in [0.4, 0.5) is 0 Å². The number of nitrogens with two attached hydrogens (primary N) is 1. The third-order valence-electron chi connectivity index (χ3n) is 3.78. The number of hydrogen-bond acceptors (Lipinski definition) is 2. The normalized spacial score (nSPS) is 13.4. The van der Waals surface area contributed by atoms with E-state index >= 15 is 0 Å². The fourth-order valence-corrected chi connectivity index (χ4v) is 2.20. The van der Waals surface area contributed by atoms with Gasteiger partial charge in [0.2, 0.25) is 0 Å². The van der Waals surface area contributed by atoms with Crippen molar-refractivity contribution in [2.24, 2.45) is 5.73 Å². The SMILES string of the molecule is CCC(C)(Oc1ccc(Cc2ccc(Cl)cc2)cc1)C(N)=O. The van der Waals surface area contributed by atoms with Crippen LogP contribution in [0.2, 0.25) is 5.02 Å². The first-order valence-corrected chi connectivity index (χ1v) is 7.63. The molecule has 3 nitrogen and oxygen atoms in total. The minimum absolute atomic E-state index is 0.458. The van der Waals surface area contributed by atoms with Crippen molar-refractivity contribution in [1.29, 1.82) is 0 Å². The molecule has 0 fully saturated rings. The van der Waals surface area contributed by atoms with Gasteiger partial charge in [-0.2, -0.15) is 0 Å². The number of benzene rings is 2. The van der Waals surface area contributed by atoms with Gasteiger partial charge in [-0.25, -0.2) is 0 Å². The van der Waals surface area contributed by atoms with E-state index in [9.17, 15) is 4.79 Å². The summed E-state index contributed by atoms with van der Waals surface area (Å²) in [5, 5.41) is 0.734. The molecule has 2 rings (SSSR count). The summed E-state index contributed by atoms with van der Waals surface area (Å²) >= 11 is 5.88. The van der Waals surface area contributed by atoms with E-state index in [4.69, 9.17) is 22.1 Å². The highest BCUT2D eigenvalue weighted by Crippen LogP contribution is 2.22. The summed E-state index contributed by atoms with van der Waals surface area (Å²) in [6, 6.07) is 15.5. The highest BCUT2D eigenvalue weighted by Gasteiger charge is 2.31. The van der Waals surface area contributed by atoms with Gasteiger partial charge in [-0.05, 0) is 55.2 Å². The monoisotopic (exact) mass is 317 g/mol. The van der Waals surface area contributed by atoms with E-state index in [0.717, 1.165) is 17.0 Å². The van der Waals surface area contributed by atoms with E-state index in [-0.39, 0.29) is 0 Å². The van der Waals surface area contributed by atoms with E-state index in [2.05, 4.69) is 0 Å². The van der Waals surface area contributed by atoms with Crippen LogP contribution in [0.3, 0.4) is 0 Å². The van der Waals surface area contributed by atoms with Gasteiger partial charge in [-0.15, -0.1) is 0 Å². The van der Waals surface area contributed by atoms with Crippen molar-refractivity contribution in [3.05, 3.63) is 64.7 Å². The van der Waals surface area contributed by atoms with Crippen molar-refractivity contribution in [3.8, 4) is 5.75 Å². The molecule has 0 bridgehead atoms. The van der Waals surface area contributed by atoms with Crippen LogP contribution in [-0.2, 0) is 11.2 Å². The molecule has 116 valence electrons. The molecule has 1 atom stereocenters. The molecular formula is C18H20ClNO2. The zero-order chi connectivity index (χ0) is 16.2. The molecule has 0 saturated heterocycles. The number of ether oxygens (including phenoxy) is 1. The van der Waals surface area contributed by atoms with Crippen LogP contribution in [0.1, 0.15) is 31.4 Å². The molecule has 0 radical (unpaired) electrons. The van der Waals surface area contributed by atoms with Crippen molar-refractivity contribution in [3.63, 3.8) is 0 Å². The van der Waals surface area contributed by atoms with Crippen molar-refractivity contribution in [2.75, 3.05) is 0 Å². The molecule has 1 unspecified atom stereocenters. The van der Waals surface area contributed by atoms with Crippen LogP contribution < -0.4 is 10.5 Å². The summed E-state index contributed by atoms with van der Waals surface area (Å²) in [6.45, 7) is 3.58. The third kappa shape index (κ3) is 4.01. The summed E-state index contributed by atoms with van der Waals surface area (Å²) in [6.07, 6.45) is 1.34. The first-order chi connectivity index (χ1) is 10.4. The van der Waals surface area contributed by atoms with E-state index in [0.29, 0.717) is 12.2 Å². The number of hydrogen-bond donors (Lipinski definition) is 1. The molecule has 2 N–H and O–H groups in total. The highest BCUT2D eigenvalue weighted by molar-refractivity contribution is 6.30. The van der Waals surface area contributed by atoms with E-state index < -0.39 is 11.5 Å². The topological polar surface area (TPSA) is 52.3 Å². The Hall–Kier alpha value is -2.00. The number of amides is 1. The average molecular weight is 318 g/mol. The number of rotatable bonds is 6. The smallest absolute Gasteiger partial charge is 0.261 e. The lowest BCUT2D eigenvalue weighted by Gasteiger charge is -2.26. The van der Waals surface area contributed by atoms with Crippen LogP contribution >= 0.6 is 11.6 Å². The van der Waals surface area contributed by atoms with Crippen LogP contribution in [0.25, 0.3) is 0 Å². The van der Waals surface area contributed by atoms with Gasteiger partial charge in [0.1, 0.15) is 5.75 Å². The van der Waals surface area contributed by atoms with Crippen molar-refractivity contribution in [1.82, 2.24) is 0 Å². The van der Waals surface area contributed by atoms with Gasteiger partial charge in [0, 0.05) is 5.02 Å². The fourth-order valence-electron chi connectivity index (χ4n) is 2.07. The second-order valence-electron chi connectivity index (χ2n) is 5.50. The van der Waals surface area contributed by atoms with Crippen molar-refractivity contribution >= 4 is 17.5 Å². The predicted molar refractivity (Wildman–Crippen MR) is 89.2 cm³/mol. The van der Waals surface area contributed by atoms with Gasteiger partial charge >= 0.3 is 0 Å². The van der Waals surface area contributed by atoms with Crippen LogP contribution in [0.5, 0.6) is 5.75 Å². The van der Waals surface area contributed by atoms with E-state index in [1.54, 1.807) is 6.92 Å². The molecule has 0 aliphatic heterocycles. The van der Waals surface area contributed by atoms with Gasteiger partial charge in [0.05, 0.1) is 0 Å². The van der Waals surface area contributed by atoms with Gasteiger partial charge in [-0.1, -0.05) is 42.8 Å². The summed E-state index contributed by atoms with van der Waals surface area (Å²) in [4.78, 5) is 11.5. The second kappa shape index (κ2) is 6.84. The number of carbonyl (C=O) groups excluding carboxylic acids is 1. The third-order valence-corrected chi connectivity index (χ3v) is 4.04. The van der Waals surface area contributed by atoms with Crippen molar-refractivity contribution in [2.45, 2.75) is 32.3 Å². The lowest BCUT2D eigenvalue weighted by Crippen LogP contribution is -2.45. The minimum atomic E-state index is -0.975. The molecule has 0 aliphatic carbocycles. The van der Waals surface area contributed by atoms with Crippen LogP contribution in [0.15, 0.2) is 48.5 Å². The predicted octanol–water partition coefficient (Wildman–Crippen LogP) is 3.96. The molecule has 1 amide bonds. The summed E-state index contributed by atoms with van der Waals surface area (Å²) in [5.41, 5.74) is 6.77. The quantitative estimate of drug-likeness (QED) is 0.876. The van der Waals surface area contributed by atoms with Crippen LogP contribution in [-0.4, -0.2) is 11.5 Å². The molecule has 0 aromatic heterocycles. The van der Waals surface area contributed by atoms with E-state index in [1.807, 2.05) is 55.5 Å². The average Bonchev–Trinajstić information content (AvgIpc) is 2.51. The Morgan fingerprint density at radius 3 is 2.05 bits per heavy atom. The maximum Gasteiger partial charge on any atom is 0.261 e. The summed E-state index contributed by atoms with van der Waals surface area (Å²) in [5.74, 6) is 0.184. The largest absolute Gasteiger partial charge is 0.478 e. The molecule has 0 spiro atoms. The van der Waals surface area contributed by atoms with Crippen LogP contribution in [0, 0.1) is 0 Å². The summed E-state index contributed by atoms with van der Waals surface area (Å²) < 4.78 is 5.74. The zero-order valence-corrected chi connectivity index (χ0v) is 13.6. The van der Waals surface area contributed by atoms with Gasteiger partial charge in [0.25, 0.3) is 5.91 Å². The summed E-state index contributed by atoms with van der Waals surface area (Å²) in [7, 11) is 0. The Morgan fingerprint density at radius 1 is 1.09 bits per heavy atom. The molecule has 2 aromatic rings. The lowest BCUT2D eigenvalue weighted by atomic mass is 10.0. The molecule has 0 saturated carbocycles. The molecule has 0 aliphatic rings. The lowest BCUT2D eigenvalue weighted by molar-refractivity contribution is -0.132. The number of primary amides is 1. The van der Waals surface area contributed by atoms with Gasteiger partial charge < -0.3 is 10.5 Å². The first kappa shape index (κ1) is 16.4. The van der Waals surface area contributed by atoms with Gasteiger partial charge in [0.15, 0.2) is 5.60 Å². The van der Waals surface area contributed by atoms with E-state index in [1.165, 1.54) is 5.56 Å². The number of carbonyl (C=O) groups is 1. The first-order valence-electron chi connectivity index (χ1n) is 7.25. The molecule has 22 heavy (non-hydrogen) atoms. The molecular weight excluding hydrogens is 298 g/mol. The Bertz CT molecular complexity index is 637. The maximum absolute atomic E-state index is 11.5. The Morgan fingerprint density at radius 2 is 1.59 bits per heavy atom. The highest BCUT2D eigenvalue weighted by atomic mass is 35.5. The second-order valence-corrected chi connectivity index (χ2v) is 5.93. The maximum atomic E-state index is 11.5. The van der Waals surface area contributed by atoms with Crippen molar-refractivity contribution < 1.29 is 9.53 Å². The molecule has 4 heteroatoms. The Kier molecular flexibility index (Phi) is 5.09. The molecule has 0 heterocycles. The van der Waals surface area contributed by atoms with Gasteiger partial charge in [-0.3, -0.25) is 4.79 Å². The Labute approximate surface area is 136 Å². The minimum Gasteiger partial charge on any atom is -0.478 e. The fraction of sp³-hybridized carbons (Fsp3) is 0.278.